The topological polar surface area (TPSA) is 91.3 Å². The van der Waals surface area contributed by atoms with Gasteiger partial charge in [-0.3, -0.25) is 9.69 Å². The Balaban J connectivity index is 1.31. The van der Waals surface area contributed by atoms with E-state index in [1.807, 2.05) is 0 Å². The fraction of sp³-hybridized carbons (Fsp3) is 0.258. The van der Waals surface area contributed by atoms with Crippen molar-refractivity contribution in [3.8, 4) is 16.9 Å². The SMILES string of the molecule is O=C(O)c1ccc(CCNN2C(=O)/C(=C/c3cc(-c4ccc(F)c(F)c4)ccc3OCCN3CCOCC3)SC2=S)cc1. The minimum Gasteiger partial charge on any atom is -0.492 e. The monoisotopic (exact) mass is 625 g/mol. The average Bonchev–Trinajstić information content (AvgIpc) is 3.27. The molecule has 2 N–H and O–H groups in total. The summed E-state index contributed by atoms with van der Waals surface area (Å²) in [4.78, 5) is 27.0. The molecule has 2 heterocycles. The van der Waals surface area contributed by atoms with E-state index in [2.05, 4.69) is 10.3 Å². The van der Waals surface area contributed by atoms with Crippen LogP contribution in [0, 0.1) is 11.6 Å². The van der Waals surface area contributed by atoms with Gasteiger partial charge in [0.15, 0.2) is 16.0 Å². The van der Waals surface area contributed by atoms with E-state index in [-0.39, 0.29) is 11.5 Å². The van der Waals surface area contributed by atoms with Gasteiger partial charge < -0.3 is 14.6 Å². The van der Waals surface area contributed by atoms with Crippen molar-refractivity contribution in [1.82, 2.24) is 15.3 Å². The molecule has 0 atom stereocenters. The van der Waals surface area contributed by atoms with Gasteiger partial charge in [-0.2, -0.15) is 0 Å². The highest BCUT2D eigenvalue weighted by molar-refractivity contribution is 8.26. The summed E-state index contributed by atoms with van der Waals surface area (Å²) >= 11 is 6.61. The number of thiocarbonyl (C=S) groups is 1. The number of aromatic carboxylic acids is 1. The first-order chi connectivity index (χ1) is 20.8. The molecule has 43 heavy (non-hydrogen) atoms. The van der Waals surface area contributed by atoms with Crippen molar-refractivity contribution in [3.63, 3.8) is 0 Å². The number of thioether (sulfide) groups is 1. The number of carboxylic acid groups (broad SMARTS) is 1. The zero-order valence-electron chi connectivity index (χ0n) is 23.1. The number of nitrogens with one attached hydrogen (secondary N) is 1. The molecule has 8 nitrogen and oxygen atoms in total. The van der Waals surface area contributed by atoms with Crippen LogP contribution in [-0.4, -0.2) is 77.2 Å². The first-order valence-corrected chi connectivity index (χ1v) is 14.9. The summed E-state index contributed by atoms with van der Waals surface area (Å²) in [5.74, 6) is -2.65. The number of amides is 1. The number of morpholine rings is 1. The first-order valence-electron chi connectivity index (χ1n) is 13.6. The van der Waals surface area contributed by atoms with Gasteiger partial charge in [-0.05, 0) is 65.6 Å². The van der Waals surface area contributed by atoms with Gasteiger partial charge in [-0.15, -0.1) is 0 Å². The maximum Gasteiger partial charge on any atom is 0.335 e. The van der Waals surface area contributed by atoms with E-state index in [9.17, 15) is 18.4 Å². The van der Waals surface area contributed by atoms with Crippen LogP contribution in [0.3, 0.4) is 0 Å². The molecule has 3 aromatic rings. The standard InChI is InChI=1S/C31H29F2N3O5S2/c32-25-7-5-23(18-26(25)33)22-6-8-27(41-16-13-35-11-14-40-15-12-35)24(17-22)19-28-29(37)36(31(42)43-28)34-10-9-20-1-3-21(4-2-20)30(38)39/h1-8,17-19,34H,9-16H2,(H,38,39)/b28-19-. The number of carboxylic acids is 1. The summed E-state index contributed by atoms with van der Waals surface area (Å²) in [7, 11) is 0. The smallest absolute Gasteiger partial charge is 0.335 e. The first kappa shape index (κ1) is 30.8. The zero-order valence-corrected chi connectivity index (χ0v) is 24.7. The molecule has 0 bridgehead atoms. The van der Waals surface area contributed by atoms with Gasteiger partial charge in [0, 0.05) is 31.7 Å². The van der Waals surface area contributed by atoms with Crippen LogP contribution in [-0.2, 0) is 16.0 Å². The molecule has 0 spiro atoms. The summed E-state index contributed by atoms with van der Waals surface area (Å²) in [6.07, 6.45) is 2.24. The Bertz CT molecular complexity index is 1540. The van der Waals surface area contributed by atoms with Crippen LogP contribution in [0.2, 0.25) is 0 Å². The number of ether oxygens (including phenoxy) is 2. The molecule has 3 aromatic carbocycles. The van der Waals surface area contributed by atoms with Gasteiger partial charge >= 0.3 is 5.97 Å². The molecule has 0 aliphatic carbocycles. The lowest BCUT2D eigenvalue weighted by Gasteiger charge is -2.26. The molecule has 0 unspecified atom stereocenters. The van der Waals surface area contributed by atoms with E-state index < -0.39 is 17.6 Å². The van der Waals surface area contributed by atoms with Crippen molar-refractivity contribution < 1.29 is 33.0 Å². The van der Waals surface area contributed by atoms with E-state index in [0.29, 0.717) is 71.0 Å². The quantitative estimate of drug-likeness (QED) is 0.226. The number of halogens is 2. The van der Waals surface area contributed by atoms with E-state index in [1.165, 1.54) is 23.2 Å². The fourth-order valence-electron chi connectivity index (χ4n) is 4.63. The number of hydrazine groups is 1. The van der Waals surface area contributed by atoms with Crippen LogP contribution in [0.4, 0.5) is 8.78 Å². The number of carbonyl (C=O) groups excluding carboxylic acids is 1. The predicted octanol–water partition coefficient (Wildman–Crippen LogP) is 4.99. The Hall–Kier alpha value is -3.68. The van der Waals surface area contributed by atoms with E-state index in [4.69, 9.17) is 26.8 Å². The minimum atomic E-state index is -0.991. The number of hydrogen-bond acceptors (Lipinski definition) is 8. The van der Waals surface area contributed by atoms with Crippen molar-refractivity contribution in [2.75, 3.05) is 46.0 Å². The van der Waals surface area contributed by atoms with E-state index in [1.54, 1.807) is 36.4 Å². The van der Waals surface area contributed by atoms with Crippen LogP contribution in [0.1, 0.15) is 21.5 Å². The Morgan fingerprint density at radius 3 is 2.49 bits per heavy atom. The van der Waals surface area contributed by atoms with Crippen molar-refractivity contribution in [3.05, 3.63) is 93.9 Å². The number of carbonyl (C=O) groups is 2. The molecule has 2 fully saturated rings. The molecule has 0 radical (unpaired) electrons. The summed E-state index contributed by atoms with van der Waals surface area (Å²) in [6.45, 7) is 4.54. The van der Waals surface area contributed by atoms with Crippen molar-refractivity contribution >= 4 is 46.3 Å². The lowest BCUT2D eigenvalue weighted by Crippen LogP contribution is -2.42. The molecular formula is C31H29F2N3O5S2. The largest absolute Gasteiger partial charge is 0.492 e. The molecule has 0 saturated carbocycles. The maximum absolute atomic E-state index is 14.0. The second kappa shape index (κ2) is 14.2. The highest BCUT2D eigenvalue weighted by Crippen LogP contribution is 2.35. The Morgan fingerprint density at radius 2 is 1.77 bits per heavy atom. The van der Waals surface area contributed by atoms with Gasteiger partial charge in [0.2, 0.25) is 0 Å². The third-order valence-electron chi connectivity index (χ3n) is 7.00. The Morgan fingerprint density at radius 1 is 1.05 bits per heavy atom. The van der Waals surface area contributed by atoms with Gasteiger partial charge in [-0.1, -0.05) is 48.2 Å². The summed E-state index contributed by atoms with van der Waals surface area (Å²) in [5, 5.41) is 10.4. The van der Waals surface area contributed by atoms with Crippen LogP contribution < -0.4 is 10.2 Å². The second-order valence-electron chi connectivity index (χ2n) is 9.86. The van der Waals surface area contributed by atoms with Crippen LogP contribution in [0.5, 0.6) is 5.75 Å². The summed E-state index contributed by atoms with van der Waals surface area (Å²) in [6, 6.07) is 15.5. The predicted molar refractivity (Wildman–Crippen MR) is 165 cm³/mol. The third kappa shape index (κ3) is 7.84. The normalized spacial score (nSPS) is 16.7. The Labute approximate surface area is 257 Å². The maximum atomic E-state index is 14.0. The minimum absolute atomic E-state index is 0.205. The molecule has 2 saturated heterocycles. The van der Waals surface area contributed by atoms with E-state index in [0.717, 1.165) is 42.5 Å². The molecule has 0 aromatic heterocycles. The zero-order chi connectivity index (χ0) is 30.3. The summed E-state index contributed by atoms with van der Waals surface area (Å²) in [5.41, 5.74) is 5.89. The van der Waals surface area contributed by atoms with Crippen LogP contribution in [0.15, 0.2) is 65.6 Å². The van der Waals surface area contributed by atoms with Crippen LogP contribution in [0.25, 0.3) is 17.2 Å². The Kier molecular flexibility index (Phi) is 10.2. The molecular weight excluding hydrogens is 596 g/mol. The van der Waals surface area contributed by atoms with Crippen LogP contribution >= 0.6 is 24.0 Å². The molecule has 2 aliphatic rings. The highest BCUT2D eigenvalue weighted by atomic mass is 32.2. The van der Waals surface area contributed by atoms with Crippen molar-refractivity contribution in [1.29, 1.82) is 0 Å². The molecule has 2 aliphatic heterocycles. The van der Waals surface area contributed by atoms with Crippen molar-refractivity contribution in [2.45, 2.75) is 6.42 Å². The molecule has 5 rings (SSSR count). The van der Waals surface area contributed by atoms with Gasteiger partial charge in [0.25, 0.3) is 5.91 Å². The number of nitrogens with zero attached hydrogens (tertiary/aromatic N) is 2. The molecule has 12 heteroatoms. The lowest BCUT2D eigenvalue weighted by atomic mass is 10.0. The molecule has 224 valence electrons. The number of rotatable bonds is 11. The lowest BCUT2D eigenvalue weighted by molar-refractivity contribution is -0.124. The van der Waals surface area contributed by atoms with Gasteiger partial charge in [0.05, 0.1) is 23.7 Å². The second-order valence-corrected chi connectivity index (χ2v) is 11.5. The van der Waals surface area contributed by atoms with E-state index >= 15 is 0 Å². The molecule has 1 amide bonds. The fourth-order valence-corrected chi connectivity index (χ4v) is 5.84. The third-order valence-corrected chi connectivity index (χ3v) is 8.30. The van der Waals surface area contributed by atoms with Crippen molar-refractivity contribution in [2.24, 2.45) is 0 Å². The summed E-state index contributed by atoms with van der Waals surface area (Å²) < 4.78 is 39.4. The average molecular weight is 626 g/mol. The van der Waals surface area contributed by atoms with Gasteiger partial charge in [-0.25, -0.2) is 24.0 Å². The highest BCUT2D eigenvalue weighted by Gasteiger charge is 2.32. The number of benzene rings is 3. The van der Waals surface area contributed by atoms with Gasteiger partial charge in [0.1, 0.15) is 12.4 Å². The number of hydrogen-bond donors (Lipinski definition) is 2.